The van der Waals surface area contributed by atoms with Gasteiger partial charge in [0.15, 0.2) is 0 Å². The van der Waals surface area contributed by atoms with E-state index in [4.69, 9.17) is 10.5 Å². The summed E-state index contributed by atoms with van der Waals surface area (Å²) in [6, 6.07) is 7.21. The molecule has 5 nitrogen and oxygen atoms in total. The average molecular weight is 475 g/mol. The summed E-state index contributed by atoms with van der Waals surface area (Å²) in [5.74, 6) is 0. The van der Waals surface area contributed by atoms with Crippen LogP contribution in [-0.2, 0) is 14.8 Å². The van der Waals surface area contributed by atoms with Crippen LogP contribution in [-0.4, -0.2) is 44.6 Å². The molecule has 2 rings (SSSR count). The molecule has 7 heteroatoms. The first-order chi connectivity index (χ1) is 13.3. The lowest BCUT2D eigenvalue weighted by molar-refractivity contribution is 0.0156. The summed E-state index contributed by atoms with van der Waals surface area (Å²) in [6.07, 6.45) is 9.36. The summed E-state index contributed by atoms with van der Waals surface area (Å²) in [5, 5.41) is 0. The van der Waals surface area contributed by atoms with Crippen LogP contribution in [0, 0.1) is 0 Å². The first kappa shape index (κ1) is 23.8. The zero-order valence-corrected chi connectivity index (χ0v) is 19.6. The van der Waals surface area contributed by atoms with Gasteiger partial charge in [-0.1, -0.05) is 35.7 Å². The summed E-state index contributed by atoms with van der Waals surface area (Å²) >= 11 is 3.35. The molecular weight excluding hydrogens is 440 g/mol. The zero-order chi connectivity index (χ0) is 20.6. The second kappa shape index (κ2) is 11.6. The number of unbranched alkanes of at least 4 members (excludes halogenated alkanes) is 2. The van der Waals surface area contributed by atoms with Gasteiger partial charge in [0.1, 0.15) is 0 Å². The smallest absolute Gasteiger partial charge is 0.243 e. The lowest BCUT2D eigenvalue weighted by atomic mass is 9.93. The van der Waals surface area contributed by atoms with Gasteiger partial charge in [-0.15, -0.1) is 0 Å². The fourth-order valence-corrected chi connectivity index (χ4v) is 5.36. The van der Waals surface area contributed by atoms with E-state index in [9.17, 15) is 8.42 Å². The predicted octanol–water partition coefficient (Wildman–Crippen LogP) is 4.70. The molecular formula is C21H35BrN2O3S. The number of nitrogens with zero attached hydrogens (tertiary/aromatic N) is 1. The van der Waals surface area contributed by atoms with Crippen LogP contribution in [0.15, 0.2) is 33.6 Å². The molecule has 1 atom stereocenters. The van der Waals surface area contributed by atoms with Gasteiger partial charge in [0.25, 0.3) is 0 Å². The van der Waals surface area contributed by atoms with E-state index in [1.165, 1.54) is 6.42 Å². The molecule has 1 aliphatic rings. The molecule has 0 heterocycles. The number of nitrogens with two attached hydrogens (primary N) is 1. The van der Waals surface area contributed by atoms with Crippen LogP contribution in [0.1, 0.15) is 64.7 Å². The van der Waals surface area contributed by atoms with Crippen molar-refractivity contribution in [2.24, 2.45) is 5.73 Å². The lowest BCUT2D eigenvalue weighted by Crippen LogP contribution is -2.40. The number of hydrogen-bond acceptors (Lipinski definition) is 4. The quantitative estimate of drug-likeness (QED) is 0.471. The molecule has 160 valence electrons. The fourth-order valence-electron chi connectivity index (χ4n) is 3.68. The third-order valence-electron chi connectivity index (χ3n) is 5.75. The Balaban J connectivity index is 1.70. The molecule has 0 radical (unpaired) electrons. The SMILES string of the molecule is CCC(N)CCCCCOC1CCC(N(C)S(=O)(=O)c2ccc(Br)cc2)CC1. The molecule has 28 heavy (non-hydrogen) atoms. The van der Waals surface area contributed by atoms with E-state index in [0.717, 1.165) is 62.4 Å². The van der Waals surface area contributed by atoms with E-state index in [0.29, 0.717) is 10.9 Å². The summed E-state index contributed by atoms with van der Waals surface area (Å²) in [5.41, 5.74) is 5.94. The molecule has 1 fully saturated rings. The molecule has 0 aromatic heterocycles. The maximum Gasteiger partial charge on any atom is 0.243 e. The topological polar surface area (TPSA) is 72.6 Å². The number of halogens is 1. The van der Waals surface area contributed by atoms with Crippen molar-refractivity contribution >= 4 is 26.0 Å². The maximum absolute atomic E-state index is 12.8. The molecule has 1 aliphatic carbocycles. The Morgan fingerprint density at radius 1 is 1.14 bits per heavy atom. The van der Waals surface area contributed by atoms with E-state index in [2.05, 4.69) is 22.9 Å². The molecule has 0 bridgehead atoms. The lowest BCUT2D eigenvalue weighted by Gasteiger charge is -2.34. The van der Waals surface area contributed by atoms with Crippen molar-refractivity contribution in [2.75, 3.05) is 13.7 Å². The van der Waals surface area contributed by atoms with Crippen LogP contribution in [0.3, 0.4) is 0 Å². The molecule has 1 unspecified atom stereocenters. The van der Waals surface area contributed by atoms with Gasteiger partial charge < -0.3 is 10.5 Å². The van der Waals surface area contributed by atoms with E-state index < -0.39 is 10.0 Å². The van der Waals surface area contributed by atoms with Crippen molar-refractivity contribution in [3.8, 4) is 0 Å². The van der Waals surface area contributed by atoms with Gasteiger partial charge in [0, 0.05) is 30.2 Å². The normalized spacial score (nSPS) is 21.8. The summed E-state index contributed by atoms with van der Waals surface area (Å²) in [6.45, 7) is 2.93. The minimum Gasteiger partial charge on any atom is -0.378 e. The minimum atomic E-state index is -3.45. The number of sulfonamides is 1. The number of hydrogen-bond donors (Lipinski definition) is 1. The highest BCUT2D eigenvalue weighted by Gasteiger charge is 2.31. The molecule has 0 spiro atoms. The molecule has 0 aliphatic heterocycles. The highest BCUT2D eigenvalue weighted by Crippen LogP contribution is 2.28. The molecule has 2 N–H and O–H groups in total. The zero-order valence-electron chi connectivity index (χ0n) is 17.1. The van der Waals surface area contributed by atoms with Crippen LogP contribution >= 0.6 is 15.9 Å². The van der Waals surface area contributed by atoms with Crippen molar-refractivity contribution in [3.63, 3.8) is 0 Å². The Labute approximate surface area is 179 Å². The van der Waals surface area contributed by atoms with Gasteiger partial charge in [-0.2, -0.15) is 4.31 Å². The fraction of sp³-hybridized carbons (Fsp3) is 0.714. The van der Waals surface area contributed by atoms with Crippen LogP contribution in [0.4, 0.5) is 0 Å². The highest BCUT2D eigenvalue weighted by atomic mass is 79.9. The second-order valence-electron chi connectivity index (χ2n) is 7.79. The summed E-state index contributed by atoms with van der Waals surface area (Å²) < 4.78 is 34.1. The maximum atomic E-state index is 12.8. The summed E-state index contributed by atoms with van der Waals surface area (Å²) in [4.78, 5) is 0.347. The largest absolute Gasteiger partial charge is 0.378 e. The monoisotopic (exact) mass is 474 g/mol. The molecule has 1 saturated carbocycles. The Bertz CT molecular complexity index is 673. The molecule has 0 amide bonds. The van der Waals surface area contributed by atoms with Crippen molar-refractivity contribution in [3.05, 3.63) is 28.7 Å². The predicted molar refractivity (Wildman–Crippen MR) is 118 cm³/mol. The van der Waals surface area contributed by atoms with Crippen LogP contribution in [0.2, 0.25) is 0 Å². The Morgan fingerprint density at radius 2 is 1.79 bits per heavy atom. The third kappa shape index (κ3) is 7.10. The van der Waals surface area contributed by atoms with E-state index in [-0.39, 0.29) is 12.1 Å². The first-order valence-electron chi connectivity index (χ1n) is 10.5. The molecule has 1 aromatic carbocycles. The Hall–Kier alpha value is -0.470. The van der Waals surface area contributed by atoms with Crippen molar-refractivity contribution in [2.45, 2.75) is 87.8 Å². The Kier molecular flexibility index (Phi) is 9.90. The van der Waals surface area contributed by atoms with Crippen LogP contribution in [0.5, 0.6) is 0 Å². The minimum absolute atomic E-state index is 0.0454. The van der Waals surface area contributed by atoms with Gasteiger partial charge in [-0.3, -0.25) is 0 Å². The van der Waals surface area contributed by atoms with Gasteiger partial charge in [-0.25, -0.2) is 8.42 Å². The molecule has 1 aromatic rings. The average Bonchev–Trinajstić information content (AvgIpc) is 2.70. The third-order valence-corrected chi connectivity index (χ3v) is 8.20. The molecule has 0 saturated heterocycles. The van der Waals surface area contributed by atoms with Crippen LogP contribution < -0.4 is 5.73 Å². The number of benzene rings is 1. The first-order valence-corrected chi connectivity index (χ1v) is 12.7. The van der Waals surface area contributed by atoms with Gasteiger partial charge in [-0.05, 0) is 69.2 Å². The van der Waals surface area contributed by atoms with Gasteiger partial charge >= 0.3 is 0 Å². The van der Waals surface area contributed by atoms with E-state index in [1.807, 2.05) is 0 Å². The highest BCUT2D eigenvalue weighted by molar-refractivity contribution is 9.10. The van der Waals surface area contributed by atoms with Crippen LogP contribution in [0.25, 0.3) is 0 Å². The second-order valence-corrected chi connectivity index (χ2v) is 10.7. The van der Waals surface area contributed by atoms with Crippen molar-refractivity contribution in [1.82, 2.24) is 4.31 Å². The van der Waals surface area contributed by atoms with Crippen molar-refractivity contribution in [1.29, 1.82) is 0 Å². The summed E-state index contributed by atoms with van der Waals surface area (Å²) in [7, 11) is -1.75. The Morgan fingerprint density at radius 3 is 2.39 bits per heavy atom. The van der Waals surface area contributed by atoms with Crippen molar-refractivity contribution < 1.29 is 13.2 Å². The number of rotatable bonds is 11. The van der Waals surface area contributed by atoms with E-state index >= 15 is 0 Å². The van der Waals surface area contributed by atoms with E-state index in [1.54, 1.807) is 35.6 Å². The van der Waals surface area contributed by atoms with Gasteiger partial charge in [0.05, 0.1) is 11.0 Å². The standard InChI is InChI=1S/C21H35BrN2O3S/c1-3-18(23)7-5-4-6-16-27-20-12-10-19(11-13-20)24(2)28(25,26)21-14-8-17(22)9-15-21/h8-9,14-15,18-20H,3-7,10-13,16,23H2,1-2H3. The number of ether oxygens (including phenoxy) is 1. The van der Waals surface area contributed by atoms with Gasteiger partial charge in [0.2, 0.25) is 10.0 Å².